The largest absolute Gasteiger partial charge is 0.367 e. The maximum Gasteiger partial charge on any atom is 0.270 e. The first-order valence-electron chi connectivity index (χ1n) is 15.7. The number of hydrogen-bond donors (Lipinski definition) is 1. The lowest BCUT2D eigenvalue weighted by molar-refractivity contribution is -0.122. The number of carbonyl (C=O) groups excluding carboxylic acids is 1. The van der Waals surface area contributed by atoms with Crippen molar-refractivity contribution in [3.05, 3.63) is 67.6 Å². The standard InChI is InChI=1S/C34H45FN4O2S2/c1-4-6-8-9-10-11-12-13-14-15-21-39-33(41)30(43-34(39)42)22-28-25(3)29(23-36)32(40)38(20-7-5-2)31(28)37-24-26-16-18-27(35)19-17-26/h16-19,22,37H,4-15,20-21,24H2,1-3H3/b30-22+. The van der Waals surface area contributed by atoms with Gasteiger partial charge in [-0.1, -0.05) is 114 Å². The molecule has 1 amide bonds. The topological polar surface area (TPSA) is 78.1 Å². The van der Waals surface area contributed by atoms with Gasteiger partial charge in [-0.3, -0.25) is 19.1 Å². The van der Waals surface area contributed by atoms with Gasteiger partial charge in [-0.2, -0.15) is 5.26 Å². The molecule has 43 heavy (non-hydrogen) atoms. The van der Waals surface area contributed by atoms with Crippen molar-refractivity contribution in [2.45, 2.75) is 111 Å². The van der Waals surface area contributed by atoms with E-state index in [1.54, 1.807) is 34.6 Å². The number of halogens is 1. The van der Waals surface area contributed by atoms with Crippen LogP contribution in [0.25, 0.3) is 6.08 Å². The molecular weight excluding hydrogens is 580 g/mol. The number of thiocarbonyl (C=S) groups is 1. The van der Waals surface area contributed by atoms with Gasteiger partial charge in [-0.25, -0.2) is 4.39 Å². The van der Waals surface area contributed by atoms with Crippen molar-refractivity contribution in [2.24, 2.45) is 0 Å². The number of pyridine rings is 1. The van der Waals surface area contributed by atoms with Gasteiger partial charge in [0.15, 0.2) is 0 Å². The van der Waals surface area contributed by atoms with Crippen molar-refractivity contribution in [3.8, 4) is 6.07 Å². The van der Waals surface area contributed by atoms with Crippen molar-refractivity contribution >= 4 is 46.1 Å². The Kier molecular flexibility index (Phi) is 14.4. The highest BCUT2D eigenvalue weighted by atomic mass is 32.2. The number of thioether (sulfide) groups is 1. The summed E-state index contributed by atoms with van der Waals surface area (Å²) in [5.41, 5.74) is 1.68. The predicted molar refractivity (Wildman–Crippen MR) is 181 cm³/mol. The molecule has 1 aliphatic heterocycles. The lowest BCUT2D eigenvalue weighted by atomic mass is 10.0. The first-order chi connectivity index (χ1) is 20.8. The van der Waals surface area contributed by atoms with Crippen LogP contribution >= 0.6 is 24.0 Å². The highest BCUT2D eigenvalue weighted by molar-refractivity contribution is 8.26. The molecule has 1 aromatic carbocycles. The molecule has 1 saturated heterocycles. The molecule has 0 bridgehead atoms. The summed E-state index contributed by atoms with van der Waals surface area (Å²) in [6.45, 7) is 7.38. The number of carbonyl (C=O) groups is 1. The lowest BCUT2D eigenvalue weighted by Crippen LogP contribution is -2.29. The number of aromatic nitrogens is 1. The molecule has 0 unspecified atom stereocenters. The molecule has 0 aliphatic carbocycles. The Hall–Kier alpha value is -2.96. The van der Waals surface area contributed by atoms with E-state index in [1.165, 1.54) is 68.8 Å². The molecule has 6 nitrogen and oxygen atoms in total. The molecule has 1 aromatic heterocycles. The number of rotatable bonds is 18. The summed E-state index contributed by atoms with van der Waals surface area (Å²) in [6.07, 6.45) is 15.6. The zero-order valence-corrected chi connectivity index (χ0v) is 27.5. The van der Waals surface area contributed by atoms with Gasteiger partial charge in [0.2, 0.25) is 0 Å². The van der Waals surface area contributed by atoms with Gasteiger partial charge in [0.1, 0.15) is 27.6 Å². The second-order valence-corrected chi connectivity index (χ2v) is 12.9. The maximum atomic E-state index is 13.5. The number of anilines is 1. The molecule has 2 aromatic rings. The van der Waals surface area contributed by atoms with Gasteiger partial charge in [-0.05, 0) is 49.1 Å². The van der Waals surface area contributed by atoms with Crippen molar-refractivity contribution < 1.29 is 9.18 Å². The molecule has 2 heterocycles. The fraction of sp³-hybridized carbons (Fsp3) is 0.529. The van der Waals surface area contributed by atoms with Crippen LogP contribution in [0, 0.1) is 24.1 Å². The van der Waals surface area contributed by atoms with E-state index in [4.69, 9.17) is 12.2 Å². The fourth-order valence-corrected chi connectivity index (χ4v) is 6.54. The maximum absolute atomic E-state index is 13.5. The molecule has 232 valence electrons. The average molecular weight is 625 g/mol. The number of amides is 1. The molecule has 1 fully saturated rings. The summed E-state index contributed by atoms with van der Waals surface area (Å²) >= 11 is 6.86. The van der Waals surface area contributed by atoms with Gasteiger partial charge >= 0.3 is 0 Å². The van der Waals surface area contributed by atoms with Crippen molar-refractivity contribution in [3.63, 3.8) is 0 Å². The van der Waals surface area contributed by atoms with Gasteiger partial charge in [0.25, 0.3) is 11.5 Å². The minimum atomic E-state index is -0.360. The molecule has 1 aliphatic rings. The third kappa shape index (κ3) is 9.77. The molecule has 3 rings (SSSR count). The monoisotopic (exact) mass is 624 g/mol. The number of nitrogens with zero attached hydrogens (tertiary/aromatic N) is 3. The van der Waals surface area contributed by atoms with E-state index < -0.39 is 0 Å². The van der Waals surface area contributed by atoms with E-state index in [0.717, 1.165) is 37.7 Å². The van der Waals surface area contributed by atoms with E-state index in [0.29, 0.717) is 45.8 Å². The third-order valence-corrected chi connectivity index (χ3v) is 9.25. The lowest BCUT2D eigenvalue weighted by Gasteiger charge is -2.20. The third-order valence-electron chi connectivity index (χ3n) is 7.87. The Bertz CT molecular complexity index is 1380. The Morgan fingerprint density at radius 2 is 1.53 bits per heavy atom. The molecular formula is C34H45FN4O2S2. The van der Waals surface area contributed by atoms with Gasteiger partial charge in [0, 0.05) is 25.2 Å². The van der Waals surface area contributed by atoms with Crippen LogP contribution in [0.4, 0.5) is 10.2 Å². The first kappa shape index (κ1) is 34.5. The normalized spacial score (nSPS) is 14.1. The molecule has 0 radical (unpaired) electrons. The zero-order chi connectivity index (χ0) is 31.2. The second-order valence-electron chi connectivity index (χ2n) is 11.2. The average Bonchev–Trinajstić information content (AvgIpc) is 3.26. The highest BCUT2D eigenvalue weighted by Crippen LogP contribution is 2.35. The number of unbranched alkanes of at least 4 members (excludes halogenated alkanes) is 10. The Balaban J connectivity index is 1.78. The van der Waals surface area contributed by atoms with Crippen molar-refractivity contribution in [2.75, 3.05) is 11.9 Å². The van der Waals surface area contributed by atoms with Gasteiger partial charge < -0.3 is 5.32 Å². The summed E-state index contributed by atoms with van der Waals surface area (Å²) in [5, 5.41) is 13.2. The number of nitrogens with one attached hydrogen (secondary N) is 1. The number of benzene rings is 1. The minimum absolute atomic E-state index is 0.0653. The highest BCUT2D eigenvalue weighted by Gasteiger charge is 2.32. The van der Waals surface area contributed by atoms with Crippen molar-refractivity contribution in [1.82, 2.24) is 9.47 Å². The summed E-state index contributed by atoms with van der Waals surface area (Å²) in [7, 11) is 0. The van der Waals surface area contributed by atoms with Gasteiger partial charge in [-0.15, -0.1) is 0 Å². The van der Waals surface area contributed by atoms with E-state index in [-0.39, 0.29) is 22.8 Å². The summed E-state index contributed by atoms with van der Waals surface area (Å²) in [6, 6.07) is 8.25. The van der Waals surface area contributed by atoms with Crippen LogP contribution in [-0.4, -0.2) is 26.2 Å². The quantitative estimate of drug-likeness (QED) is 0.102. The molecule has 0 atom stereocenters. The number of nitriles is 1. The summed E-state index contributed by atoms with van der Waals surface area (Å²) < 4.78 is 15.6. The molecule has 9 heteroatoms. The van der Waals surface area contributed by atoms with E-state index in [2.05, 4.69) is 18.3 Å². The summed E-state index contributed by atoms with van der Waals surface area (Å²) in [4.78, 5) is 29.0. The van der Waals surface area contributed by atoms with Crippen LogP contribution in [0.5, 0.6) is 0 Å². The number of hydrogen-bond acceptors (Lipinski definition) is 6. The predicted octanol–water partition coefficient (Wildman–Crippen LogP) is 8.70. The smallest absolute Gasteiger partial charge is 0.270 e. The second kappa shape index (κ2) is 18.0. The molecule has 0 saturated carbocycles. The van der Waals surface area contributed by atoms with Crippen LogP contribution < -0.4 is 10.9 Å². The van der Waals surface area contributed by atoms with Crippen LogP contribution in [0.2, 0.25) is 0 Å². The van der Waals surface area contributed by atoms with Crippen LogP contribution in [0.1, 0.15) is 113 Å². The van der Waals surface area contributed by atoms with Crippen LogP contribution in [-0.2, 0) is 17.9 Å². The van der Waals surface area contributed by atoms with E-state index >= 15 is 0 Å². The van der Waals surface area contributed by atoms with Crippen molar-refractivity contribution in [1.29, 1.82) is 5.26 Å². The first-order valence-corrected chi connectivity index (χ1v) is 17.0. The van der Waals surface area contributed by atoms with Crippen LogP contribution in [0.15, 0.2) is 34.0 Å². The Morgan fingerprint density at radius 3 is 2.14 bits per heavy atom. The molecule has 1 N–H and O–H groups in total. The van der Waals surface area contributed by atoms with E-state index in [9.17, 15) is 19.2 Å². The van der Waals surface area contributed by atoms with Crippen LogP contribution in [0.3, 0.4) is 0 Å². The Labute approximate surface area is 265 Å². The fourth-order valence-electron chi connectivity index (χ4n) is 5.25. The SMILES string of the molecule is CCCCCCCCCCCCN1C(=O)/C(=C\c2c(C)c(C#N)c(=O)n(CCCC)c2NCc2ccc(F)cc2)SC1=S. The van der Waals surface area contributed by atoms with E-state index in [1.807, 2.05) is 6.92 Å². The molecule has 0 spiro atoms. The minimum Gasteiger partial charge on any atom is -0.367 e. The van der Waals surface area contributed by atoms with Gasteiger partial charge in [0.05, 0.1) is 4.91 Å². The Morgan fingerprint density at radius 1 is 0.930 bits per heavy atom. The summed E-state index contributed by atoms with van der Waals surface area (Å²) in [5.74, 6) is 0.0807. The zero-order valence-electron chi connectivity index (χ0n) is 25.8.